The average molecular weight is 318 g/mol. The van der Waals surface area contributed by atoms with Crippen LogP contribution in [0.3, 0.4) is 0 Å². The second kappa shape index (κ2) is 7.42. The molecule has 0 spiro atoms. The summed E-state index contributed by atoms with van der Waals surface area (Å²) in [6.07, 6.45) is 1.64. The van der Waals surface area contributed by atoms with Gasteiger partial charge in [-0.2, -0.15) is 0 Å². The number of nitrogens with zero attached hydrogens (tertiary/aromatic N) is 1. The van der Waals surface area contributed by atoms with Crippen molar-refractivity contribution >= 4 is 11.7 Å². The van der Waals surface area contributed by atoms with Gasteiger partial charge in [-0.05, 0) is 23.3 Å². The molecule has 1 heterocycles. The van der Waals surface area contributed by atoms with Gasteiger partial charge in [-0.15, -0.1) is 0 Å². The Hall–Kier alpha value is -3.14. The molecule has 24 heavy (non-hydrogen) atoms. The number of aromatic nitrogens is 1. The third kappa shape index (κ3) is 3.60. The number of carbonyl (C=O) groups is 1. The van der Waals surface area contributed by atoms with Crippen molar-refractivity contribution in [3.05, 3.63) is 95.8 Å². The molecule has 0 saturated carbocycles. The number of benzene rings is 2. The van der Waals surface area contributed by atoms with Gasteiger partial charge < -0.3 is 10.1 Å². The number of carbonyl (C=O) groups excluding carboxylic acids is 1. The van der Waals surface area contributed by atoms with E-state index in [1.54, 1.807) is 12.3 Å². The van der Waals surface area contributed by atoms with Crippen molar-refractivity contribution in [2.75, 3.05) is 12.4 Å². The van der Waals surface area contributed by atoms with Crippen molar-refractivity contribution in [3.63, 3.8) is 0 Å². The minimum absolute atomic E-state index is 0.00169. The third-order valence-corrected chi connectivity index (χ3v) is 3.73. The fraction of sp³-hybridized carbons (Fsp3) is 0.100. The standard InChI is InChI=1S/C20H18N2O2/c1-24-20(23)18-13-12-17(14-21-18)22-19(15-8-4-2-5-9-15)16-10-6-3-7-11-16/h2-14,19,22H,1H3. The fourth-order valence-electron chi connectivity index (χ4n) is 2.52. The molecule has 1 aromatic heterocycles. The van der Waals surface area contributed by atoms with Crippen molar-refractivity contribution < 1.29 is 9.53 Å². The number of hydrogen-bond donors (Lipinski definition) is 1. The van der Waals surface area contributed by atoms with Crippen LogP contribution in [-0.2, 0) is 4.74 Å². The topological polar surface area (TPSA) is 51.2 Å². The molecule has 4 nitrogen and oxygen atoms in total. The minimum Gasteiger partial charge on any atom is -0.464 e. The summed E-state index contributed by atoms with van der Waals surface area (Å²) < 4.78 is 4.67. The molecule has 2 aromatic carbocycles. The Morgan fingerprint density at radius 2 is 1.50 bits per heavy atom. The highest BCUT2D eigenvalue weighted by Gasteiger charge is 2.14. The maximum absolute atomic E-state index is 11.5. The predicted molar refractivity (Wildman–Crippen MR) is 93.9 cm³/mol. The van der Waals surface area contributed by atoms with Crippen LogP contribution < -0.4 is 5.32 Å². The van der Waals surface area contributed by atoms with E-state index in [-0.39, 0.29) is 6.04 Å². The van der Waals surface area contributed by atoms with Crippen LogP contribution in [-0.4, -0.2) is 18.1 Å². The van der Waals surface area contributed by atoms with E-state index in [1.165, 1.54) is 7.11 Å². The summed E-state index contributed by atoms with van der Waals surface area (Å²) in [6.45, 7) is 0. The molecule has 120 valence electrons. The van der Waals surface area contributed by atoms with Crippen LogP contribution in [0.2, 0.25) is 0 Å². The number of anilines is 1. The first kappa shape index (κ1) is 15.7. The van der Waals surface area contributed by atoms with Crippen LogP contribution in [0, 0.1) is 0 Å². The molecule has 0 aliphatic rings. The highest BCUT2D eigenvalue weighted by atomic mass is 16.5. The summed E-state index contributed by atoms with van der Waals surface area (Å²) in [6, 6.07) is 23.9. The van der Waals surface area contributed by atoms with Gasteiger partial charge in [0.05, 0.1) is 25.0 Å². The largest absolute Gasteiger partial charge is 0.464 e. The monoisotopic (exact) mass is 318 g/mol. The van der Waals surface area contributed by atoms with Crippen LogP contribution in [0.1, 0.15) is 27.7 Å². The zero-order valence-electron chi connectivity index (χ0n) is 13.3. The number of nitrogens with one attached hydrogen (secondary N) is 1. The molecule has 0 radical (unpaired) electrons. The number of ether oxygens (including phenoxy) is 1. The zero-order chi connectivity index (χ0) is 16.8. The summed E-state index contributed by atoms with van der Waals surface area (Å²) >= 11 is 0. The van der Waals surface area contributed by atoms with Crippen molar-refractivity contribution in [1.82, 2.24) is 4.98 Å². The first-order valence-electron chi connectivity index (χ1n) is 7.69. The lowest BCUT2D eigenvalue weighted by Gasteiger charge is -2.21. The summed E-state index contributed by atoms with van der Waals surface area (Å²) in [5.41, 5.74) is 3.43. The van der Waals surface area contributed by atoms with E-state index in [0.29, 0.717) is 5.69 Å². The number of hydrogen-bond acceptors (Lipinski definition) is 4. The molecule has 0 unspecified atom stereocenters. The molecule has 4 heteroatoms. The van der Waals surface area contributed by atoms with Crippen LogP contribution >= 0.6 is 0 Å². The second-order valence-electron chi connectivity index (χ2n) is 5.32. The zero-order valence-corrected chi connectivity index (χ0v) is 13.3. The van der Waals surface area contributed by atoms with Gasteiger partial charge in [-0.1, -0.05) is 60.7 Å². The Kier molecular flexibility index (Phi) is 4.87. The molecule has 0 fully saturated rings. The van der Waals surface area contributed by atoms with Gasteiger partial charge in [0.25, 0.3) is 0 Å². The SMILES string of the molecule is COC(=O)c1ccc(NC(c2ccccc2)c2ccccc2)cn1. The van der Waals surface area contributed by atoms with Crippen LogP contribution in [0.4, 0.5) is 5.69 Å². The van der Waals surface area contributed by atoms with E-state index in [2.05, 4.69) is 39.3 Å². The van der Waals surface area contributed by atoms with Crippen LogP contribution in [0.5, 0.6) is 0 Å². The van der Waals surface area contributed by atoms with Crippen molar-refractivity contribution in [3.8, 4) is 0 Å². The second-order valence-corrected chi connectivity index (χ2v) is 5.32. The molecule has 1 N–H and O–H groups in total. The lowest BCUT2D eigenvalue weighted by atomic mass is 9.98. The van der Waals surface area contributed by atoms with E-state index in [9.17, 15) is 4.79 Å². The predicted octanol–water partition coefficient (Wildman–Crippen LogP) is 4.07. The Labute approximate surface area is 141 Å². The molecule has 0 saturated heterocycles. The summed E-state index contributed by atoms with van der Waals surface area (Å²) in [4.78, 5) is 15.6. The van der Waals surface area contributed by atoms with Crippen molar-refractivity contribution in [2.45, 2.75) is 6.04 Å². The lowest BCUT2D eigenvalue weighted by molar-refractivity contribution is 0.0594. The quantitative estimate of drug-likeness (QED) is 0.721. The van der Waals surface area contributed by atoms with E-state index < -0.39 is 5.97 Å². The lowest BCUT2D eigenvalue weighted by Crippen LogP contribution is -2.13. The Bertz CT molecular complexity index is 747. The number of rotatable bonds is 5. The van der Waals surface area contributed by atoms with Gasteiger partial charge in [0.1, 0.15) is 5.69 Å². The molecule has 0 bridgehead atoms. The van der Waals surface area contributed by atoms with Crippen LogP contribution in [0.15, 0.2) is 79.0 Å². The van der Waals surface area contributed by atoms with Gasteiger partial charge in [0.2, 0.25) is 0 Å². The highest BCUT2D eigenvalue weighted by Crippen LogP contribution is 2.26. The summed E-state index contributed by atoms with van der Waals surface area (Å²) in [7, 11) is 1.34. The Balaban J connectivity index is 1.89. The first-order chi connectivity index (χ1) is 11.8. The van der Waals surface area contributed by atoms with Gasteiger partial charge in [0.15, 0.2) is 0 Å². The molecule has 0 amide bonds. The maximum atomic E-state index is 11.5. The van der Waals surface area contributed by atoms with Crippen LogP contribution in [0.25, 0.3) is 0 Å². The van der Waals surface area contributed by atoms with E-state index in [0.717, 1.165) is 16.8 Å². The van der Waals surface area contributed by atoms with Gasteiger partial charge in [-0.25, -0.2) is 9.78 Å². The molecule has 3 rings (SSSR count). The van der Waals surface area contributed by atoms with Gasteiger partial charge >= 0.3 is 5.97 Å². The van der Waals surface area contributed by atoms with Crippen molar-refractivity contribution in [2.24, 2.45) is 0 Å². The summed E-state index contributed by atoms with van der Waals surface area (Å²) in [5.74, 6) is -0.441. The average Bonchev–Trinajstić information content (AvgIpc) is 2.67. The molecule has 0 atom stereocenters. The van der Waals surface area contributed by atoms with Crippen molar-refractivity contribution in [1.29, 1.82) is 0 Å². The summed E-state index contributed by atoms with van der Waals surface area (Å²) in [5, 5.41) is 3.48. The fourth-order valence-corrected chi connectivity index (χ4v) is 2.52. The van der Waals surface area contributed by atoms with E-state index >= 15 is 0 Å². The van der Waals surface area contributed by atoms with Gasteiger partial charge in [-0.3, -0.25) is 0 Å². The van der Waals surface area contributed by atoms with E-state index in [4.69, 9.17) is 0 Å². The van der Waals surface area contributed by atoms with Gasteiger partial charge in [0, 0.05) is 0 Å². The maximum Gasteiger partial charge on any atom is 0.356 e. The number of methoxy groups -OCH3 is 1. The minimum atomic E-state index is -0.441. The molecular formula is C20H18N2O2. The number of esters is 1. The molecule has 0 aliphatic heterocycles. The molecule has 3 aromatic rings. The molecule has 0 aliphatic carbocycles. The Morgan fingerprint density at radius 3 is 1.96 bits per heavy atom. The normalized spacial score (nSPS) is 10.4. The smallest absolute Gasteiger partial charge is 0.356 e. The number of pyridine rings is 1. The van der Waals surface area contributed by atoms with E-state index in [1.807, 2.05) is 42.5 Å². The first-order valence-corrected chi connectivity index (χ1v) is 7.69. The molecular weight excluding hydrogens is 300 g/mol. The Morgan fingerprint density at radius 1 is 0.917 bits per heavy atom. The highest BCUT2D eigenvalue weighted by molar-refractivity contribution is 5.87. The third-order valence-electron chi connectivity index (χ3n) is 3.73.